The molecule has 2 rings (SSSR count). The molecular formula is C14H26IN5O. The van der Waals surface area contributed by atoms with E-state index in [0.29, 0.717) is 12.6 Å². The molecule has 1 aliphatic carbocycles. The molecule has 1 aromatic rings. The second-order valence-electron chi connectivity index (χ2n) is 5.18. The van der Waals surface area contributed by atoms with Gasteiger partial charge in [0.05, 0.1) is 19.2 Å². The number of halogens is 1. The number of hydrogen-bond acceptors (Lipinski definition) is 3. The Morgan fingerprint density at radius 2 is 2.14 bits per heavy atom. The van der Waals surface area contributed by atoms with Crippen molar-refractivity contribution in [3.05, 3.63) is 18.5 Å². The van der Waals surface area contributed by atoms with Crippen molar-refractivity contribution in [3.8, 4) is 0 Å². The van der Waals surface area contributed by atoms with Crippen LogP contribution >= 0.6 is 24.0 Å². The maximum Gasteiger partial charge on any atom is 0.191 e. The molecule has 0 unspecified atom stereocenters. The van der Waals surface area contributed by atoms with E-state index >= 15 is 0 Å². The summed E-state index contributed by atoms with van der Waals surface area (Å²) < 4.78 is 1.88. The lowest BCUT2D eigenvalue weighted by atomic mass is 9.93. The van der Waals surface area contributed by atoms with Crippen LogP contribution in [0.1, 0.15) is 32.6 Å². The average molecular weight is 407 g/mol. The van der Waals surface area contributed by atoms with Gasteiger partial charge in [0.15, 0.2) is 5.96 Å². The first-order valence-electron chi connectivity index (χ1n) is 7.48. The van der Waals surface area contributed by atoms with Crippen LogP contribution in [-0.4, -0.2) is 46.1 Å². The minimum absolute atomic E-state index is 0. The fraction of sp³-hybridized carbons (Fsp3) is 0.714. The molecule has 21 heavy (non-hydrogen) atoms. The normalized spacial score (nSPS) is 22.5. The van der Waals surface area contributed by atoms with Gasteiger partial charge in [-0.2, -0.15) is 5.10 Å². The van der Waals surface area contributed by atoms with Crippen LogP contribution in [-0.2, 0) is 6.54 Å². The zero-order valence-electron chi connectivity index (χ0n) is 12.5. The van der Waals surface area contributed by atoms with Gasteiger partial charge in [0, 0.05) is 25.0 Å². The predicted molar refractivity (Wildman–Crippen MR) is 95.0 cm³/mol. The number of nitrogens with one attached hydrogen (secondary N) is 2. The van der Waals surface area contributed by atoms with E-state index in [9.17, 15) is 5.11 Å². The summed E-state index contributed by atoms with van der Waals surface area (Å²) in [5, 5.41) is 20.4. The first-order chi connectivity index (χ1) is 9.78. The van der Waals surface area contributed by atoms with E-state index in [-0.39, 0.29) is 30.1 Å². The van der Waals surface area contributed by atoms with Crippen LogP contribution in [0.4, 0.5) is 0 Å². The minimum Gasteiger partial charge on any atom is -0.393 e. The van der Waals surface area contributed by atoms with Gasteiger partial charge in [-0.3, -0.25) is 9.67 Å². The quantitative estimate of drug-likeness (QED) is 0.392. The molecule has 0 atom stereocenters. The van der Waals surface area contributed by atoms with E-state index in [1.165, 1.54) is 0 Å². The number of rotatable bonds is 5. The highest BCUT2D eigenvalue weighted by Gasteiger charge is 2.19. The number of aliphatic imine (C=N–C) groups is 1. The zero-order chi connectivity index (χ0) is 14.2. The number of aromatic nitrogens is 2. The summed E-state index contributed by atoms with van der Waals surface area (Å²) in [5.74, 6) is 0.862. The molecule has 0 bridgehead atoms. The SMILES string of the molecule is CCNC(=NCCn1cccn1)NC1CCC(O)CC1.I. The second-order valence-corrected chi connectivity index (χ2v) is 5.18. The lowest BCUT2D eigenvalue weighted by molar-refractivity contribution is 0.120. The molecular weight excluding hydrogens is 381 g/mol. The molecule has 1 fully saturated rings. The molecule has 120 valence electrons. The topological polar surface area (TPSA) is 74.5 Å². The third-order valence-electron chi connectivity index (χ3n) is 3.54. The Kier molecular flexibility index (Phi) is 8.67. The predicted octanol–water partition coefficient (Wildman–Crippen LogP) is 1.36. The summed E-state index contributed by atoms with van der Waals surface area (Å²) in [5.41, 5.74) is 0. The number of guanidine groups is 1. The van der Waals surface area contributed by atoms with Crippen molar-refractivity contribution >= 4 is 29.9 Å². The fourth-order valence-electron chi connectivity index (χ4n) is 2.43. The van der Waals surface area contributed by atoms with Gasteiger partial charge in [-0.1, -0.05) is 0 Å². The van der Waals surface area contributed by atoms with Gasteiger partial charge in [0.2, 0.25) is 0 Å². The van der Waals surface area contributed by atoms with Crippen molar-refractivity contribution in [2.75, 3.05) is 13.1 Å². The molecule has 0 aliphatic heterocycles. The van der Waals surface area contributed by atoms with Crippen LogP contribution in [0.25, 0.3) is 0 Å². The lowest BCUT2D eigenvalue weighted by Crippen LogP contribution is -2.45. The van der Waals surface area contributed by atoms with Gasteiger partial charge >= 0.3 is 0 Å². The van der Waals surface area contributed by atoms with Crippen molar-refractivity contribution < 1.29 is 5.11 Å². The third kappa shape index (κ3) is 6.64. The van der Waals surface area contributed by atoms with Crippen LogP contribution in [0, 0.1) is 0 Å². The van der Waals surface area contributed by atoms with E-state index in [1.54, 1.807) is 6.20 Å². The molecule has 1 aliphatic rings. The Bertz CT molecular complexity index is 402. The minimum atomic E-state index is -0.118. The van der Waals surface area contributed by atoms with Crippen LogP contribution < -0.4 is 10.6 Å². The summed E-state index contributed by atoms with van der Waals surface area (Å²) in [4.78, 5) is 4.57. The molecule has 6 nitrogen and oxygen atoms in total. The highest BCUT2D eigenvalue weighted by molar-refractivity contribution is 14.0. The Balaban J connectivity index is 0.00000220. The van der Waals surface area contributed by atoms with Gasteiger partial charge in [-0.05, 0) is 38.7 Å². The molecule has 1 heterocycles. The summed E-state index contributed by atoms with van der Waals surface area (Å²) in [6, 6.07) is 2.33. The molecule has 0 radical (unpaired) electrons. The van der Waals surface area contributed by atoms with Crippen LogP contribution in [0.2, 0.25) is 0 Å². The van der Waals surface area contributed by atoms with E-state index in [0.717, 1.165) is 44.7 Å². The third-order valence-corrected chi connectivity index (χ3v) is 3.54. The highest BCUT2D eigenvalue weighted by Crippen LogP contribution is 2.18. The molecule has 7 heteroatoms. The first-order valence-corrected chi connectivity index (χ1v) is 7.48. The zero-order valence-corrected chi connectivity index (χ0v) is 14.9. The molecule has 1 saturated carbocycles. The van der Waals surface area contributed by atoms with Crippen molar-refractivity contribution in [2.45, 2.75) is 51.3 Å². The van der Waals surface area contributed by atoms with Gasteiger partial charge in [0.25, 0.3) is 0 Å². The Morgan fingerprint density at radius 3 is 2.76 bits per heavy atom. The molecule has 0 saturated heterocycles. The van der Waals surface area contributed by atoms with Gasteiger partial charge in [-0.25, -0.2) is 0 Å². The van der Waals surface area contributed by atoms with E-state index in [1.807, 2.05) is 16.9 Å². The average Bonchev–Trinajstić information content (AvgIpc) is 2.95. The van der Waals surface area contributed by atoms with Crippen LogP contribution in [0.15, 0.2) is 23.5 Å². The number of nitrogens with zero attached hydrogens (tertiary/aromatic N) is 3. The van der Waals surface area contributed by atoms with E-state index < -0.39 is 0 Å². The Morgan fingerprint density at radius 1 is 1.38 bits per heavy atom. The van der Waals surface area contributed by atoms with E-state index in [4.69, 9.17) is 0 Å². The van der Waals surface area contributed by atoms with Gasteiger partial charge in [0.1, 0.15) is 0 Å². The van der Waals surface area contributed by atoms with Crippen molar-refractivity contribution in [3.63, 3.8) is 0 Å². The second kappa shape index (κ2) is 9.99. The molecule has 3 N–H and O–H groups in total. The van der Waals surface area contributed by atoms with Crippen LogP contribution in [0.3, 0.4) is 0 Å². The Labute approximate surface area is 143 Å². The summed E-state index contributed by atoms with van der Waals surface area (Å²) >= 11 is 0. The molecule has 1 aromatic heterocycles. The molecule has 0 spiro atoms. The number of hydrogen-bond donors (Lipinski definition) is 3. The Hall–Kier alpha value is -0.830. The van der Waals surface area contributed by atoms with Crippen molar-refractivity contribution in [1.82, 2.24) is 20.4 Å². The van der Waals surface area contributed by atoms with Crippen LogP contribution in [0.5, 0.6) is 0 Å². The molecule has 0 amide bonds. The summed E-state index contributed by atoms with van der Waals surface area (Å²) in [6.07, 6.45) is 7.37. The first kappa shape index (κ1) is 18.2. The van der Waals surface area contributed by atoms with Gasteiger partial charge < -0.3 is 15.7 Å². The number of aliphatic hydroxyl groups excluding tert-OH is 1. The standard InChI is InChI=1S/C14H25N5O.HI/c1-2-15-14(16-9-11-19-10-3-8-17-19)18-12-4-6-13(20)7-5-12;/h3,8,10,12-13,20H,2,4-7,9,11H2,1H3,(H2,15,16,18);1H. The molecule has 0 aromatic carbocycles. The largest absolute Gasteiger partial charge is 0.393 e. The summed E-state index contributed by atoms with van der Waals surface area (Å²) in [7, 11) is 0. The maximum atomic E-state index is 9.53. The van der Waals surface area contributed by atoms with Crippen molar-refractivity contribution in [1.29, 1.82) is 0 Å². The maximum absolute atomic E-state index is 9.53. The monoisotopic (exact) mass is 407 g/mol. The fourth-order valence-corrected chi connectivity index (χ4v) is 2.43. The smallest absolute Gasteiger partial charge is 0.191 e. The highest BCUT2D eigenvalue weighted by atomic mass is 127. The van der Waals surface area contributed by atoms with Gasteiger partial charge in [-0.15, -0.1) is 24.0 Å². The van der Waals surface area contributed by atoms with Crippen molar-refractivity contribution in [2.24, 2.45) is 4.99 Å². The summed E-state index contributed by atoms with van der Waals surface area (Å²) in [6.45, 7) is 4.40. The van der Waals surface area contributed by atoms with E-state index in [2.05, 4.69) is 27.6 Å². The lowest BCUT2D eigenvalue weighted by Gasteiger charge is -2.27. The number of aliphatic hydroxyl groups is 1.